The molecule has 2 aromatic rings. The second-order valence-electron chi connectivity index (χ2n) is 5.63. The number of anilines is 1. The van der Waals surface area contributed by atoms with Crippen molar-refractivity contribution in [2.45, 2.75) is 13.0 Å². The quantitative estimate of drug-likeness (QED) is 0.775. The standard InChI is InChI=1S/C15H17N5O4/c1-9(21)10-7-20-12(17-10)3-2-4-13(20)18-5-6-19(15(23)24)11(8-18)14(16)22/h2-4,7,11H,5-6,8H2,1H3,(H2,16,22)(H,23,24). The molecule has 1 fully saturated rings. The molecule has 126 valence electrons. The van der Waals surface area contributed by atoms with Gasteiger partial charge in [-0.1, -0.05) is 6.07 Å². The number of hydrogen-bond acceptors (Lipinski definition) is 5. The van der Waals surface area contributed by atoms with Gasteiger partial charge in [0, 0.05) is 32.8 Å². The summed E-state index contributed by atoms with van der Waals surface area (Å²) in [4.78, 5) is 41.6. The number of carbonyl (C=O) groups excluding carboxylic acids is 2. The molecule has 1 saturated heterocycles. The van der Waals surface area contributed by atoms with Crippen LogP contribution in [0.4, 0.5) is 10.6 Å². The van der Waals surface area contributed by atoms with Crippen molar-refractivity contribution in [2.24, 2.45) is 5.73 Å². The summed E-state index contributed by atoms with van der Waals surface area (Å²) >= 11 is 0. The van der Waals surface area contributed by atoms with Crippen LogP contribution in [0.3, 0.4) is 0 Å². The highest BCUT2D eigenvalue weighted by atomic mass is 16.4. The van der Waals surface area contributed by atoms with Crippen molar-refractivity contribution in [1.82, 2.24) is 14.3 Å². The van der Waals surface area contributed by atoms with Gasteiger partial charge >= 0.3 is 6.09 Å². The number of ketones is 1. The number of hydrogen-bond donors (Lipinski definition) is 2. The molecule has 0 saturated carbocycles. The Morgan fingerprint density at radius 3 is 2.67 bits per heavy atom. The van der Waals surface area contributed by atoms with Gasteiger partial charge in [0.25, 0.3) is 0 Å². The van der Waals surface area contributed by atoms with Gasteiger partial charge in [0.15, 0.2) is 5.78 Å². The molecule has 0 bridgehead atoms. The van der Waals surface area contributed by atoms with Crippen LogP contribution in [0.15, 0.2) is 24.4 Å². The zero-order chi connectivity index (χ0) is 17.4. The van der Waals surface area contributed by atoms with Gasteiger partial charge < -0.3 is 15.7 Å². The molecule has 1 atom stereocenters. The second kappa shape index (κ2) is 5.84. The molecule has 0 aliphatic carbocycles. The van der Waals surface area contributed by atoms with Crippen molar-refractivity contribution in [2.75, 3.05) is 24.5 Å². The van der Waals surface area contributed by atoms with Crippen LogP contribution in [0, 0.1) is 0 Å². The topological polar surface area (TPSA) is 121 Å². The first-order chi connectivity index (χ1) is 11.4. The minimum Gasteiger partial charge on any atom is -0.465 e. The minimum absolute atomic E-state index is 0.143. The molecule has 9 nitrogen and oxygen atoms in total. The average Bonchev–Trinajstić information content (AvgIpc) is 2.98. The number of amides is 2. The minimum atomic E-state index is -1.17. The summed E-state index contributed by atoms with van der Waals surface area (Å²) in [5.41, 5.74) is 6.31. The van der Waals surface area contributed by atoms with Crippen molar-refractivity contribution in [1.29, 1.82) is 0 Å². The Bertz CT molecular complexity index is 830. The van der Waals surface area contributed by atoms with E-state index >= 15 is 0 Å². The number of aromatic nitrogens is 2. The molecule has 2 amide bonds. The van der Waals surface area contributed by atoms with Crippen LogP contribution >= 0.6 is 0 Å². The van der Waals surface area contributed by atoms with Crippen LogP contribution in [0.1, 0.15) is 17.4 Å². The van der Waals surface area contributed by atoms with Gasteiger partial charge in [-0.3, -0.25) is 18.9 Å². The van der Waals surface area contributed by atoms with E-state index in [1.165, 1.54) is 6.92 Å². The maximum absolute atomic E-state index is 11.6. The number of carboxylic acid groups (broad SMARTS) is 1. The highest BCUT2D eigenvalue weighted by Gasteiger charge is 2.34. The molecule has 2 aromatic heterocycles. The Kier molecular flexibility index (Phi) is 3.84. The Labute approximate surface area is 137 Å². The molecule has 24 heavy (non-hydrogen) atoms. The first kappa shape index (κ1) is 15.8. The third kappa shape index (κ3) is 2.64. The first-order valence-electron chi connectivity index (χ1n) is 7.41. The smallest absolute Gasteiger partial charge is 0.408 e. The highest BCUT2D eigenvalue weighted by molar-refractivity contribution is 5.92. The Balaban J connectivity index is 1.97. The number of rotatable bonds is 3. The number of piperazine rings is 1. The van der Waals surface area contributed by atoms with E-state index < -0.39 is 18.0 Å². The molecule has 3 N–H and O–H groups in total. The maximum Gasteiger partial charge on any atom is 0.408 e. The lowest BCUT2D eigenvalue weighted by Crippen LogP contribution is -2.60. The molecule has 0 aromatic carbocycles. The fourth-order valence-electron chi connectivity index (χ4n) is 2.89. The van der Waals surface area contributed by atoms with Crippen LogP contribution < -0.4 is 10.6 Å². The highest BCUT2D eigenvalue weighted by Crippen LogP contribution is 2.22. The van der Waals surface area contributed by atoms with Gasteiger partial charge in [-0.25, -0.2) is 9.78 Å². The normalized spacial score (nSPS) is 18.0. The molecule has 9 heteroatoms. The summed E-state index contributed by atoms with van der Waals surface area (Å²) < 4.78 is 1.76. The van der Waals surface area contributed by atoms with E-state index in [9.17, 15) is 19.5 Å². The molecule has 1 aliphatic heterocycles. The predicted octanol–water partition coefficient (Wildman–Crippen LogP) is 0.191. The number of primary amides is 1. The lowest BCUT2D eigenvalue weighted by molar-refractivity contribution is -0.122. The van der Waals surface area contributed by atoms with E-state index in [4.69, 9.17) is 5.73 Å². The van der Waals surface area contributed by atoms with Gasteiger partial charge in [-0.05, 0) is 12.1 Å². The van der Waals surface area contributed by atoms with E-state index in [1.54, 1.807) is 22.7 Å². The fourth-order valence-corrected chi connectivity index (χ4v) is 2.89. The monoisotopic (exact) mass is 331 g/mol. The number of pyridine rings is 1. The van der Waals surface area contributed by atoms with Crippen molar-refractivity contribution >= 4 is 29.2 Å². The predicted molar refractivity (Wildman–Crippen MR) is 85.1 cm³/mol. The Morgan fingerprint density at radius 2 is 2.04 bits per heavy atom. The fraction of sp³-hybridized carbons (Fsp3) is 0.333. The van der Waals surface area contributed by atoms with Crippen LogP contribution in [0.5, 0.6) is 0 Å². The molecule has 0 spiro atoms. The molecule has 1 aliphatic rings. The van der Waals surface area contributed by atoms with Gasteiger partial charge in [0.1, 0.15) is 23.2 Å². The van der Waals surface area contributed by atoms with Crippen LogP contribution in [0.2, 0.25) is 0 Å². The number of carbonyl (C=O) groups is 3. The van der Waals surface area contributed by atoms with E-state index in [1.807, 2.05) is 11.0 Å². The molecular formula is C15H17N5O4. The van der Waals surface area contributed by atoms with E-state index in [0.717, 1.165) is 10.7 Å². The number of nitrogens with two attached hydrogens (primary N) is 1. The zero-order valence-electron chi connectivity index (χ0n) is 13.0. The molecule has 3 rings (SSSR count). The number of fused-ring (bicyclic) bond motifs is 1. The lowest BCUT2D eigenvalue weighted by Gasteiger charge is -2.39. The number of imidazole rings is 1. The number of Topliss-reactive ketones (excluding diaryl/α,β-unsaturated/α-hetero) is 1. The molecule has 0 radical (unpaired) electrons. The van der Waals surface area contributed by atoms with Crippen molar-refractivity contribution in [3.8, 4) is 0 Å². The summed E-state index contributed by atoms with van der Waals surface area (Å²) in [5.74, 6) is -0.108. The van der Waals surface area contributed by atoms with Crippen molar-refractivity contribution in [3.63, 3.8) is 0 Å². The third-order valence-corrected chi connectivity index (χ3v) is 4.11. The van der Waals surface area contributed by atoms with E-state index in [-0.39, 0.29) is 18.9 Å². The number of nitrogens with zero attached hydrogens (tertiary/aromatic N) is 4. The third-order valence-electron chi connectivity index (χ3n) is 4.11. The average molecular weight is 331 g/mol. The van der Waals surface area contributed by atoms with Crippen molar-refractivity contribution in [3.05, 3.63) is 30.1 Å². The summed E-state index contributed by atoms with van der Waals surface area (Å²) in [7, 11) is 0. The van der Waals surface area contributed by atoms with Crippen LogP contribution in [-0.2, 0) is 4.79 Å². The molecule has 3 heterocycles. The largest absolute Gasteiger partial charge is 0.465 e. The molecule has 1 unspecified atom stereocenters. The Morgan fingerprint density at radius 1 is 1.29 bits per heavy atom. The van der Waals surface area contributed by atoms with E-state index in [0.29, 0.717) is 17.9 Å². The second-order valence-corrected chi connectivity index (χ2v) is 5.63. The maximum atomic E-state index is 11.6. The van der Waals surface area contributed by atoms with Crippen LogP contribution in [0.25, 0.3) is 5.65 Å². The zero-order valence-corrected chi connectivity index (χ0v) is 13.0. The van der Waals surface area contributed by atoms with Gasteiger partial charge in [-0.15, -0.1) is 0 Å². The first-order valence-corrected chi connectivity index (χ1v) is 7.41. The summed E-state index contributed by atoms with van der Waals surface area (Å²) in [6.07, 6.45) is 0.466. The van der Waals surface area contributed by atoms with Crippen LogP contribution in [-0.4, -0.2) is 62.9 Å². The summed E-state index contributed by atoms with van der Waals surface area (Å²) in [6.45, 7) is 2.15. The Hall–Kier alpha value is -3.10. The summed E-state index contributed by atoms with van der Waals surface area (Å²) in [5, 5.41) is 9.20. The molecular weight excluding hydrogens is 314 g/mol. The summed E-state index contributed by atoms with van der Waals surface area (Å²) in [6, 6.07) is 4.47. The van der Waals surface area contributed by atoms with Gasteiger partial charge in [0.05, 0.1) is 0 Å². The van der Waals surface area contributed by atoms with Crippen molar-refractivity contribution < 1.29 is 19.5 Å². The van der Waals surface area contributed by atoms with Gasteiger partial charge in [0.2, 0.25) is 5.91 Å². The SMILES string of the molecule is CC(=O)c1cn2c(N3CCN(C(=O)O)C(C(N)=O)C3)cccc2n1. The van der Waals surface area contributed by atoms with Gasteiger partial charge in [-0.2, -0.15) is 0 Å². The van der Waals surface area contributed by atoms with E-state index in [2.05, 4.69) is 4.98 Å². The lowest BCUT2D eigenvalue weighted by atomic mass is 10.1.